The second-order valence-electron chi connectivity index (χ2n) is 5.13. The molecule has 2 rings (SSSR count). The molecule has 3 nitrogen and oxygen atoms in total. The standard InChI is InChI=1S/C13H18F3N3/c1-9(10-5-3-2-4-6-10)17-12-8-7-11(18-19-12)13(14,15)16/h7-10H,2-6H2,1H3,(H,17,19). The molecule has 0 aliphatic heterocycles. The third kappa shape index (κ3) is 3.81. The molecule has 1 aliphatic carbocycles. The highest BCUT2D eigenvalue weighted by Crippen LogP contribution is 2.29. The van der Waals surface area contributed by atoms with E-state index in [4.69, 9.17) is 0 Å². The van der Waals surface area contributed by atoms with Gasteiger partial charge in [-0.05, 0) is 37.8 Å². The van der Waals surface area contributed by atoms with Crippen molar-refractivity contribution in [2.24, 2.45) is 5.92 Å². The van der Waals surface area contributed by atoms with Crippen LogP contribution in [0.4, 0.5) is 19.0 Å². The average Bonchev–Trinajstić information content (AvgIpc) is 2.39. The molecule has 1 heterocycles. The lowest BCUT2D eigenvalue weighted by Crippen LogP contribution is -2.28. The number of nitrogens with one attached hydrogen (secondary N) is 1. The monoisotopic (exact) mass is 273 g/mol. The summed E-state index contributed by atoms with van der Waals surface area (Å²) in [6.07, 6.45) is 1.65. The number of nitrogens with zero attached hydrogens (tertiary/aromatic N) is 2. The van der Waals surface area contributed by atoms with Crippen molar-refractivity contribution in [2.45, 2.75) is 51.2 Å². The van der Waals surface area contributed by atoms with Crippen molar-refractivity contribution in [1.29, 1.82) is 0 Å². The van der Waals surface area contributed by atoms with Crippen molar-refractivity contribution in [3.05, 3.63) is 17.8 Å². The minimum absolute atomic E-state index is 0.214. The van der Waals surface area contributed by atoms with Gasteiger partial charge in [0, 0.05) is 6.04 Å². The molecule has 1 N–H and O–H groups in total. The molecule has 1 aromatic heterocycles. The maximum absolute atomic E-state index is 12.3. The van der Waals surface area contributed by atoms with Crippen molar-refractivity contribution in [3.8, 4) is 0 Å². The Morgan fingerprint density at radius 3 is 2.37 bits per heavy atom. The van der Waals surface area contributed by atoms with Crippen LogP contribution < -0.4 is 5.32 Å². The molecule has 0 saturated heterocycles. The predicted molar refractivity (Wildman–Crippen MR) is 66.7 cm³/mol. The molecule has 19 heavy (non-hydrogen) atoms. The van der Waals surface area contributed by atoms with Gasteiger partial charge in [-0.25, -0.2) is 0 Å². The molecule has 1 unspecified atom stereocenters. The number of anilines is 1. The summed E-state index contributed by atoms with van der Waals surface area (Å²) in [4.78, 5) is 0. The highest BCUT2D eigenvalue weighted by Gasteiger charge is 2.33. The maximum Gasteiger partial charge on any atom is 0.435 e. The van der Waals surface area contributed by atoms with Crippen LogP contribution in [0.5, 0.6) is 0 Å². The zero-order valence-electron chi connectivity index (χ0n) is 10.9. The van der Waals surface area contributed by atoms with Crippen LogP contribution in [0.3, 0.4) is 0 Å². The van der Waals surface area contributed by atoms with Crippen LogP contribution in [-0.4, -0.2) is 16.2 Å². The van der Waals surface area contributed by atoms with E-state index >= 15 is 0 Å². The van der Waals surface area contributed by atoms with Crippen LogP contribution in [0.25, 0.3) is 0 Å². The summed E-state index contributed by atoms with van der Waals surface area (Å²) in [5, 5.41) is 9.96. The van der Waals surface area contributed by atoms with Crippen molar-refractivity contribution >= 4 is 5.82 Å². The van der Waals surface area contributed by atoms with E-state index in [2.05, 4.69) is 22.4 Å². The lowest BCUT2D eigenvalue weighted by Gasteiger charge is -2.28. The summed E-state index contributed by atoms with van der Waals surface area (Å²) in [7, 11) is 0. The van der Waals surface area contributed by atoms with Crippen LogP contribution in [0, 0.1) is 5.92 Å². The molecule has 1 aliphatic rings. The van der Waals surface area contributed by atoms with E-state index in [1.165, 1.54) is 38.2 Å². The molecule has 0 radical (unpaired) electrons. The van der Waals surface area contributed by atoms with Gasteiger partial charge in [-0.15, -0.1) is 10.2 Å². The van der Waals surface area contributed by atoms with Gasteiger partial charge in [0.05, 0.1) is 0 Å². The van der Waals surface area contributed by atoms with Gasteiger partial charge in [-0.3, -0.25) is 0 Å². The Morgan fingerprint density at radius 1 is 1.16 bits per heavy atom. The van der Waals surface area contributed by atoms with Crippen LogP contribution >= 0.6 is 0 Å². The Morgan fingerprint density at radius 2 is 1.84 bits per heavy atom. The molecule has 0 spiro atoms. The summed E-state index contributed by atoms with van der Waals surface area (Å²) in [5.74, 6) is 0.976. The first-order valence-electron chi connectivity index (χ1n) is 6.64. The fourth-order valence-corrected chi connectivity index (χ4v) is 2.55. The number of alkyl halides is 3. The predicted octanol–water partition coefficient (Wildman–Crippen LogP) is 3.88. The van der Waals surface area contributed by atoms with Gasteiger partial charge >= 0.3 is 6.18 Å². The van der Waals surface area contributed by atoms with E-state index in [9.17, 15) is 13.2 Å². The quantitative estimate of drug-likeness (QED) is 0.908. The van der Waals surface area contributed by atoms with Crippen LogP contribution in [0.15, 0.2) is 12.1 Å². The third-order valence-electron chi connectivity index (χ3n) is 3.69. The summed E-state index contributed by atoms with van der Waals surface area (Å²) in [6, 6.07) is 2.52. The van der Waals surface area contributed by atoms with Crippen LogP contribution in [0.2, 0.25) is 0 Å². The van der Waals surface area contributed by atoms with E-state index in [0.717, 1.165) is 6.07 Å². The zero-order valence-corrected chi connectivity index (χ0v) is 10.9. The van der Waals surface area contributed by atoms with E-state index in [1.54, 1.807) is 0 Å². The maximum atomic E-state index is 12.3. The van der Waals surface area contributed by atoms with Gasteiger partial charge in [0.2, 0.25) is 0 Å². The molecule has 1 saturated carbocycles. The average molecular weight is 273 g/mol. The number of rotatable bonds is 3. The molecule has 1 atom stereocenters. The molecule has 1 fully saturated rings. The Bertz CT molecular complexity index is 397. The molecule has 6 heteroatoms. The molecule has 0 aromatic carbocycles. The first-order chi connectivity index (χ1) is 8.97. The SMILES string of the molecule is CC(Nc1ccc(C(F)(F)F)nn1)C1CCCCC1. The minimum atomic E-state index is -4.43. The van der Waals surface area contributed by atoms with Crippen LogP contribution in [-0.2, 0) is 6.18 Å². The second-order valence-corrected chi connectivity index (χ2v) is 5.13. The molecule has 0 amide bonds. The summed E-state index contributed by atoms with van der Waals surface area (Å²) in [5.41, 5.74) is -0.955. The number of hydrogen-bond donors (Lipinski definition) is 1. The largest absolute Gasteiger partial charge is 0.435 e. The van der Waals surface area contributed by atoms with Gasteiger partial charge in [-0.1, -0.05) is 19.3 Å². The Hall–Kier alpha value is -1.33. The highest BCUT2D eigenvalue weighted by atomic mass is 19.4. The number of hydrogen-bond acceptors (Lipinski definition) is 3. The lowest BCUT2D eigenvalue weighted by atomic mass is 9.84. The Labute approximate surface area is 110 Å². The Kier molecular flexibility index (Phi) is 4.27. The van der Waals surface area contributed by atoms with Crippen molar-refractivity contribution in [1.82, 2.24) is 10.2 Å². The topological polar surface area (TPSA) is 37.8 Å². The third-order valence-corrected chi connectivity index (χ3v) is 3.69. The molecule has 0 bridgehead atoms. The molecular weight excluding hydrogens is 255 g/mol. The number of aromatic nitrogens is 2. The van der Waals surface area contributed by atoms with Crippen LogP contribution in [0.1, 0.15) is 44.7 Å². The Balaban J connectivity index is 1.95. The smallest absolute Gasteiger partial charge is 0.366 e. The first kappa shape index (κ1) is 14.1. The van der Waals surface area contributed by atoms with E-state index < -0.39 is 11.9 Å². The fraction of sp³-hybridized carbons (Fsp3) is 0.692. The minimum Gasteiger partial charge on any atom is -0.366 e. The fourth-order valence-electron chi connectivity index (χ4n) is 2.55. The second kappa shape index (κ2) is 5.75. The molecule has 106 valence electrons. The van der Waals surface area contributed by atoms with E-state index in [1.807, 2.05) is 0 Å². The van der Waals surface area contributed by atoms with Crippen molar-refractivity contribution in [2.75, 3.05) is 5.32 Å². The van der Waals surface area contributed by atoms with E-state index in [-0.39, 0.29) is 6.04 Å². The normalized spacial score (nSPS) is 19.2. The van der Waals surface area contributed by atoms with Gasteiger partial charge in [0.15, 0.2) is 5.69 Å². The summed E-state index contributed by atoms with van der Waals surface area (Å²) < 4.78 is 37.0. The van der Waals surface area contributed by atoms with Crippen molar-refractivity contribution in [3.63, 3.8) is 0 Å². The molecule has 1 aromatic rings. The number of halogens is 3. The first-order valence-corrected chi connectivity index (χ1v) is 6.64. The summed E-state index contributed by atoms with van der Waals surface area (Å²) >= 11 is 0. The van der Waals surface area contributed by atoms with Gasteiger partial charge in [0.1, 0.15) is 5.82 Å². The summed E-state index contributed by atoms with van der Waals surface area (Å²) in [6.45, 7) is 2.05. The van der Waals surface area contributed by atoms with Gasteiger partial charge < -0.3 is 5.32 Å². The highest BCUT2D eigenvalue weighted by molar-refractivity contribution is 5.34. The van der Waals surface area contributed by atoms with Gasteiger partial charge in [-0.2, -0.15) is 13.2 Å². The zero-order chi connectivity index (χ0) is 13.9. The lowest BCUT2D eigenvalue weighted by molar-refractivity contribution is -0.141. The van der Waals surface area contributed by atoms with E-state index in [0.29, 0.717) is 11.7 Å². The van der Waals surface area contributed by atoms with Gasteiger partial charge in [0.25, 0.3) is 0 Å². The molecular formula is C13H18F3N3. The van der Waals surface area contributed by atoms with Crippen molar-refractivity contribution < 1.29 is 13.2 Å².